The predicted octanol–water partition coefficient (Wildman–Crippen LogP) is 1.07. The Morgan fingerprint density at radius 3 is 2.30 bits per heavy atom. The van der Waals surface area contributed by atoms with Crippen molar-refractivity contribution in [1.82, 2.24) is 4.31 Å². The van der Waals surface area contributed by atoms with E-state index in [4.69, 9.17) is 14.6 Å². The first kappa shape index (κ1) is 17.9. The van der Waals surface area contributed by atoms with Crippen molar-refractivity contribution in [2.45, 2.75) is 11.3 Å². The molecule has 0 bridgehead atoms. The monoisotopic (exact) mass is 361 g/mol. The minimum absolute atomic E-state index is 0.0375. The maximum Gasteiger partial charge on any atom is 0.307 e. The van der Waals surface area contributed by atoms with Crippen LogP contribution in [-0.2, 0) is 21.2 Å². The van der Waals surface area contributed by atoms with Gasteiger partial charge in [-0.05, 0) is 11.6 Å². The van der Waals surface area contributed by atoms with Gasteiger partial charge < -0.3 is 14.6 Å². The zero-order chi connectivity index (χ0) is 17.0. The number of carbonyl (C=O) groups is 1. The number of aliphatic carboxylic acids is 1. The molecule has 2 rings (SSSR count). The molecule has 23 heavy (non-hydrogen) atoms. The van der Waals surface area contributed by atoms with Gasteiger partial charge in [-0.25, -0.2) is 8.42 Å². The van der Waals surface area contributed by atoms with Crippen LogP contribution >= 0.6 is 11.8 Å². The van der Waals surface area contributed by atoms with Gasteiger partial charge >= 0.3 is 5.97 Å². The molecule has 0 unspecified atom stereocenters. The van der Waals surface area contributed by atoms with Crippen LogP contribution < -0.4 is 9.47 Å². The van der Waals surface area contributed by atoms with Crippen LogP contribution in [0.25, 0.3) is 0 Å². The first-order valence-corrected chi connectivity index (χ1v) is 9.54. The molecule has 0 amide bonds. The van der Waals surface area contributed by atoms with Gasteiger partial charge in [0.2, 0.25) is 10.0 Å². The lowest BCUT2D eigenvalue weighted by molar-refractivity contribution is -0.136. The number of methoxy groups -OCH3 is 2. The van der Waals surface area contributed by atoms with E-state index in [0.29, 0.717) is 18.8 Å². The largest absolute Gasteiger partial charge is 0.493 e. The van der Waals surface area contributed by atoms with Crippen molar-refractivity contribution in [2.24, 2.45) is 0 Å². The van der Waals surface area contributed by atoms with Crippen molar-refractivity contribution < 1.29 is 27.8 Å². The van der Waals surface area contributed by atoms with Crippen LogP contribution in [0, 0.1) is 0 Å². The van der Waals surface area contributed by atoms with Crippen LogP contribution in [0.1, 0.15) is 5.56 Å². The molecule has 1 N–H and O–H groups in total. The standard InChI is InChI=1S/C14H19NO6S2/c1-20-11-7-10(8-14(16)17)13(9-12(11)21-2)23(18,19)15-3-5-22-6-4-15/h7,9H,3-6,8H2,1-2H3,(H,16,17). The van der Waals surface area contributed by atoms with Crippen LogP contribution in [0.4, 0.5) is 0 Å². The number of rotatable bonds is 6. The van der Waals surface area contributed by atoms with E-state index in [1.807, 2.05) is 0 Å². The second-order valence-corrected chi connectivity index (χ2v) is 8.03. The smallest absolute Gasteiger partial charge is 0.307 e. The second kappa shape index (κ2) is 7.41. The summed E-state index contributed by atoms with van der Waals surface area (Å²) in [5.74, 6) is 0.896. The summed E-state index contributed by atoms with van der Waals surface area (Å²) in [5.41, 5.74) is 0.188. The fraction of sp³-hybridized carbons (Fsp3) is 0.500. The van der Waals surface area contributed by atoms with Crippen molar-refractivity contribution in [2.75, 3.05) is 38.8 Å². The molecule has 128 valence electrons. The lowest BCUT2D eigenvalue weighted by Gasteiger charge is -2.27. The van der Waals surface area contributed by atoms with E-state index in [2.05, 4.69) is 0 Å². The summed E-state index contributed by atoms with van der Waals surface area (Å²) in [6.07, 6.45) is -0.405. The summed E-state index contributed by atoms with van der Waals surface area (Å²) >= 11 is 1.69. The molecule has 9 heteroatoms. The molecule has 0 saturated carbocycles. The lowest BCUT2D eigenvalue weighted by Crippen LogP contribution is -2.38. The van der Waals surface area contributed by atoms with Gasteiger partial charge in [-0.1, -0.05) is 0 Å². The van der Waals surface area contributed by atoms with E-state index >= 15 is 0 Å². The molecule has 0 radical (unpaired) electrons. The molecule has 0 aliphatic carbocycles. The summed E-state index contributed by atoms with van der Waals surface area (Å²) < 4.78 is 37.5. The van der Waals surface area contributed by atoms with Crippen molar-refractivity contribution >= 4 is 27.8 Å². The highest BCUT2D eigenvalue weighted by Gasteiger charge is 2.30. The third-order valence-corrected chi connectivity index (χ3v) is 6.42. The first-order valence-electron chi connectivity index (χ1n) is 6.94. The van der Waals surface area contributed by atoms with Gasteiger partial charge in [-0.2, -0.15) is 16.1 Å². The fourth-order valence-corrected chi connectivity index (χ4v) is 5.16. The highest BCUT2D eigenvalue weighted by atomic mass is 32.2. The summed E-state index contributed by atoms with van der Waals surface area (Å²) in [6, 6.07) is 2.76. The first-order chi connectivity index (χ1) is 10.9. The zero-order valence-electron chi connectivity index (χ0n) is 12.9. The molecule has 1 aromatic carbocycles. The van der Waals surface area contributed by atoms with Crippen LogP contribution in [0.2, 0.25) is 0 Å². The maximum atomic E-state index is 12.9. The number of sulfonamides is 1. The zero-order valence-corrected chi connectivity index (χ0v) is 14.6. The molecular weight excluding hydrogens is 342 g/mol. The Morgan fingerprint density at radius 1 is 1.22 bits per heavy atom. The van der Waals surface area contributed by atoms with Gasteiger partial charge in [0.15, 0.2) is 11.5 Å². The van der Waals surface area contributed by atoms with E-state index in [9.17, 15) is 13.2 Å². The molecule has 1 fully saturated rings. The Hall–Kier alpha value is -1.45. The SMILES string of the molecule is COc1cc(CC(=O)O)c(S(=O)(=O)N2CCSCC2)cc1OC. The van der Waals surface area contributed by atoms with E-state index in [1.54, 1.807) is 11.8 Å². The van der Waals surface area contributed by atoms with Gasteiger partial charge in [0, 0.05) is 30.7 Å². The third-order valence-electron chi connectivity index (χ3n) is 3.50. The highest BCUT2D eigenvalue weighted by molar-refractivity contribution is 7.99. The van der Waals surface area contributed by atoms with Crippen molar-refractivity contribution in [1.29, 1.82) is 0 Å². The van der Waals surface area contributed by atoms with Crippen LogP contribution in [0.3, 0.4) is 0 Å². The molecule has 1 heterocycles. The minimum Gasteiger partial charge on any atom is -0.493 e. The summed E-state index contributed by atoms with van der Waals surface area (Å²) in [7, 11) is -0.954. The van der Waals surface area contributed by atoms with Crippen molar-refractivity contribution in [3.8, 4) is 11.5 Å². The molecule has 1 saturated heterocycles. The summed E-state index contributed by atoms with van der Waals surface area (Å²) in [5, 5.41) is 9.07. The number of carboxylic acids is 1. The van der Waals surface area contributed by atoms with E-state index in [1.165, 1.54) is 30.7 Å². The van der Waals surface area contributed by atoms with Gasteiger partial charge in [-0.15, -0.1) is 0 Å². The number of thioether (sulfide) groups is 1. The van der Waals surface area contributed by atoms with E-state index in [-0.39, 0.29) is 16.2 Å². The molecular formula is C14H19NO6S2. The number of carboxylic acid groups (broad SMARTS) is 1. The van der Waals surface area contributed by atoms with E-state index in [0.717, 1.165) is 11.5 Å². The van der Waals surface area contributed by atoms with E-state index < -0.39 is 22.4 Å². The molecule has 0 spiro atoms. The van der Waals surface area contributed by atoms with Crippen molar-refractivity contribution in [3.63, 3.8) is 0 Å². The fourth-order valence-electron chi connectivity index (χ4n) is 2.37. The second-order valence-electron chi connectivity index (χ2n) is 4.90. The van der Waals surface area contributed by atoms with Gasteiger partial charge in [0.05, 0.1) is 25.5 Å². The number of hydrogen-bond donors (Lipinski definition) is 1. The average molecular weight is 361 g/mol. The topological polar surface area (TPSA) is 93.1 Å². The summed E-state index contributed by atoms with van der Waals surface area (Å²) in [4.78, 5) is 11.1. The van der Waals surface area contributed by atoms with Crippen LogP contribution in [0.15, 0.2) is 17.0 Å². The van der Waals surface area contributed by atoms with Crippen LogP contribution in [-0.4, -0.2) is 62.6 Å². The quantitative estimate of drug-likeness (QED) is 0.810. The third kappa shape index (κ3) is 3.91. The Morgan fingerprint density at radius 2 is 1.78 bits per heavy atom. The van der Waals surface area contributed by atoms with Gasteiger partial charge in [-0.3, -0.25) is 4.79 Å². The normalized spacial score (nSPS) is 16.1. The summed E-state index contributed by atoms with van der Waals surface area (Å²) in [6.45, 7) is 0.821. The number of ether oxygens (including phenoxy) is 2. The molecule has 7 nitrogen and oxygen atoms in total. The number of hydrogen-bond acceptors (Lipinski definition) is 6. The lowest BCUT2D eigenvalue weighted by atomic mass is 10.1. The minimum atomic E-state index is -3.77. The molecule has 1 aliphatic heterocycles. The highest BCUT2D eigenvalue weighted by Crippen LogP contribution is 2.34. The van der Waals surface area contributed by atoms with Crippen LogP contribution in [0.5, 0.6) is 11.5 Å². The predicted molar refractivity (Wildman–Crippen MR) is 87.0 cm³/mol. The molecule has 1 aromatic rings. The Balaban J connectivity index is 2.55. The maximum absolute atomic E-state index is 12.9. The van der Waals surface area contributed by atoms with Gasteiger partial charge in [0.25, 0.3) is 0 Å². The number of nitrogens with zero attached hydrogens (tertiary/aromatic N) is 1. The Kier molecular flexibility index (Phi) is 5.77. The Labute approximate surface area is 139 Å². The molecule has 0 aromatic heterocycles. The van der Waals surface area contributed by atoms with Gasteiger partial charge in [0.1, 0.15) is 0 Å². The Bertz CT molecular complexity index is 683. The molecule has 1 aliphatic rings. The molecule has 0 atom stereocenters. The van der Waals surface area contributed by atoms with Crippen molar-refractivity contribution in [3.05, 3.63) is 17.7 Å². The number of benzene rings is 1. The average Bonchev–Trinajstić information content (AvgIpc) is 2.54.